The SMILES string of the molecule is C/C(=C\C(=O)Nc1ccccc1C(O)c1ccccn1)C1CC1. The van der Waals surface area contributed by atoms with E-state index in [2.05, 4.69) is 10.3 Å². The second kappa shape index (κ2) is 6.75. The number of amides is 1. The highest BCUT2D eigenvalue weighted by atomic mass is 16.3. The third kappa shape index (κ3) is 3.85. The second-order valence-corrected chi connectivity index (χ2v) is 5.90. The van der Waals surface area contributed by atoms with E-state index in [0.29, 0.717) is 22.9 Å². The van der Waals surface area contributed by atoms with Crippen LogP contribution in [0.1, 0.15) is 37.1 Å². The molecule has 2 N–H and O–H groups in total. The summed E-state index contributed by atoms with van der Waals surface area (Å²) in [6.45, 7) is 1.99. The highest BCUT2D eigenvalue weighted by Crippen LogP contribution is 2.36. The lowest BCUT2D eigenvalue weighted by molar-refractivity contribution is -0.112. The number of carbonyl (C=O) groups excluding carboxylic acids is 1. The van der Waals surface area contributed by atoms with Crippen LogP contribution in [0.25, 0.3) is 0 Å². The van der Waals surface area contributed by atoms with Gasteiger partial charge in [0, 0.05) is 23.5 Å². The summed E-state index contributed by atoms with van der Waals surface area (Å²) in [7, 11) is 0. The standard InChI is InChI=1S/C19H20N2O2/c1-13(14-9-10-14)12-18(22)21-16-7-3-2-6-15(16)19(23)17-8-4-5-11-20-17/h2-8,11-12,14,19,23H,9-10H2,1H3,(H,21,22)/b13-12+. The maximum absolute atomic E-state index is 12.2. The number of anilines is 1. The van der Waals surface area contributed by atoms with E-state index in [1.807, 2.05) is 25.1 Å². The lowest BCUT2D eigenvalue weighted by Gasteiger charge is -2.15. The number of carbonyl (C=O) groups is 1. The molecule has 0 saturated heterocycles. The molecule has 1 amide bonds. The number of aliphatic hydroxyl groups is 1. The monoisotopic (exact) mass is 308 g/mol. The Morgan fingerprint density at radius 2 is 2.00 bits per heavy atom. The molecule has 1 atom stereocenters. The Balaban J connectivity index is 1.80. The van der Waals surface area contributed by atoms with E-state index in [-0.39, 0.29) is 5.91 Å². The molecule has 1 aliphatic carbocycles. The van der Waals surface area contributed by atoms with Crippen LogP contribution in [0.2, 0.25) is 0 Å². The van der Waals surface area contributed by atoms with Gasteiger partial charge in [-0.2, -0.15) is 0 Å². The predicted molar refractivity (Wildman–Crippen MR) is 89.9 cm³/mol. The van der Waals surface area contributed by atoms with Gasteiger partial charge in [-0.15, -0.1) is 0 Å². The number of rotatable bonds is 5. The van der Waals surface area contributed by atoms with Crippen molar-refractivity contribution in [3.05, 3.63) is 71.6 Å². The van der Waals surface area contributed by atoms with Gasteiger partial charge in [-0.25, -0.2) is 0 Å². The maximum Gasteiger partial charge on any atom is 0.248 e. The summed E-state index contributed by atoms with van der Waals surface area (Å²) < 4.78 is 0. The molecule has 4 heteroatoms. The van der Waals surface area contributed by atoms with Crippen LogP contribution in [0.3, 0.4) is 0 Å². The summed E-state index contributed by atoms with van der Waals surface area (Å²) in [6, 6.07) is 12.7. The summed E-state index contributed by atoms with van der Waals surface area (Å²) in [4.78, 5) is 16.4. The van der Waals surface area contributed by atoms with Crippen molar-refractivity contribution in [2.75, 3.05) is 5.32 Å². The fraction of sp³-hybridized carbons (Fsp3) is 0.263. The van der Waals surface area contributed by atoms with Gasteiger partial charge >= 0.3 is 0 Å². The molecule has 23 heavy (non-hydrogen) atoms. The van der Waals surface area contributed by atoms with E-state index >= 15 is 0 Å². The first kappa shape index (κ1) is 15.4. The number of hydrogen-bond donors (Lipinski definition) is 2. The first-order chi connectivity index (χ1) is 11.1. The van der Waals surface area contributed by atoms with Gasteiger partial charge in [-0.3, -0.25) is 9.78 Å². The van der Waals surface area contributed by atoms with Crippen LogP contribution in [0.5, 0.6) is 0 Å². The number of benzene rings is 1. The Morgan fingerprint density at radius 1 is 1.26 bits per heavy atom. The van der Waals surface area contributed by atoms with Crippen molar-refractivity contribution in [1.29, 1.82) is 0 Å². The highest BCUT2D eigenvalue weighted by molar-refractivity contribution is 6.00. The number of nitrogens with one attached hydrogen (secondary N) is 1. The normalized spacial score (nSPS) is 16.0. The number of hydrogen-bond acceptors (Lipinski definition) is 3. The van der Waals surface area contributed by atoms with E-state index in [1.165, 1.54) is 12.8 Å². The summed E-state index contributed by atoms with van der Waals surface area (Å²) in [5.74, 6) is 0.408. The molecule has 0 radical (unpaired) electrons. The minimum absolute atomic E-state index is 0.157. The second-order valence-electron chi connectivity index (χ2n) is 5.90. The minimum Gasteiger partial charge on any atom is -0.382 e. The Kier molecular flexibility index (Phi) is 4.53. The Hall–Kier alpha value is -2.46. The molecule has 1 fully saturated rings. The van der Waals surface area contributed by atoms with Crippen LogP contribution in [0.15, 0.2) is 60.3 Å². The zero-order valence-corrected chi connectivity index (χ0v) is 13.1. The van der Waals surface area contributed by atoms with Crippen molar-refractivity contribution in [1.82, 2.24) is 4.98 Å². The van der Waals surface area contributed by atoms with Gasteiger partial charge in [-0.1, -0.05) is 29.8 Å². The van der Waals surface area contributed by atoms with Crippen LogP contribution in [0, 0.1) is 5.92 Å². The lowest BCUT2D eigenvalue weighted by Crippen LogP contribution is -2.13. The van der Waals surface area contributed by atoms with Crippen LogP contribution < -0.4 is 5.32 Å². The third-order valence-corrected chi connectivity index (χ3v) is 4.06. The molecule has 0 spiro atoms. The molecular formula is C19H20N2O2. The largest absolute Gasteiger partial charge is 0.382 e. The molecule has 1 saturated carbocycles. The van der Waals surface area contributed by atoms with E-state index in [4.69, 9.17) is 0 Å². The van der Waals surface area contributed by atoms with E-state index < -0.39 is 6.10 Å². The molecule has 0 aliphatic heterocycles. The number of aromatic nitrogens is 1. The van der Waals surface area contributed by atoms with Gasteiger partial charge in [0.2, 0.25) is 5.91 Å². The average Bonchev–Trinajstić information content (AvgIpc) is 3.40. The van der Waals surface area contributed by atoms with Crippen molar-refractivity contribution in [3.8, 4) is 0 Å². The van der Waals surface area contributed by atoms with Gasteiger partial charge in [0.1, 0.15) is 6.10 Å². The molecule has 3 rings (SSSR count). The zero-order chi connectivity index (χ0) is 16.2. The minimum atomic E-state index is -0.874. The first-order valence-electron chi connectivity index (χ1n) is 7.82. The molecule has 1 aromatic heterocycles. The lowest BCUT2D eigenvalue weighted by atomic mass is 10.0. The fourth-order valence-electron chi connectivity index (χ4n) is 2.58. The molecule has 1 aromatic carbocycles. The molecule has 1 heterocycles. The number of pyridine rings is 1. The first-order valence-corrected chi connectivity index (χ1v) is 7.82. The fourth-order valence-corrected chi connectivity index (χ4v) is 2.58. The Labute approximate surface area is 135 Å². The summed E-state index contributed by atoms with van der Waals surface area (Å²) in [5, 5.41) is 13.4. The molecule has 2 aromatic rings. The molecule has 0 bridgehead atoms. The van der Waals surface area contributed by atoms with Crippen molar-refractivity contribution in [3.63, 3.8) is 0 Å². The summed E-state index contributed by atoms with van der Waals surface area (Å²) >= 11 is 0. The van der Waals surface area contributed by atoms with Gasteiger partial charge in [0.25, 0.3) is 0 Å². The number of aliphatic hydroxyl groups excluding tert-OH is 1. The maximum atomic E-state index is 12.2. The predicted octanol–water partition coefficient (Wildman–Crippen LogP) is 3.46. The van der Waals surface area contributed by atoms with E-state index in [1.54, 1.807) is 36.5 Å². The molecule has 1 unspecified atom stereocenters. The van der Waals surface area contributed by atoms with Crippen LogP contribution in [-0.2, 0) is 4.79 Å². The van der Waals surface area contributed by atoms with Crippen LogP contribution >= 0.6 is 0 Å². The molecule has 4 nitrogen and oxygen atoms in total. The quantitative estimate of drug-likeness (QED) is 0.832. The molecule has 118 valence electrons. The molecular weight excluding hydrogens is 288 g/mol. The molecule has 1 aliphatic rings. The number of allylic oxidation sites excluding steroid dienone is 1. The smallest absolute Gasteiger partial charge is 0.248 e. The van der Waals surface area contributed by atoms with Gasteiger partial charge in [0.15, 0.2) is 0 Å². The van der Waals surface area contributed by atoms with E-state index in [9.17, 15) is 9.90 Å². The summed E-state index contributed by atoms with van der Waals surface area (Å²) in [6.07, 6.45) is 4.76. The van der Waals surface area contributed by atoms with Gasteiger partial charge in [0.05, 0.1) is 5.69 Å². The van der Waals surface area contributed by atoms with Crippen molar-refractivity contribution in [2.24, 2.45) is 5.92 Å². The van der Waals surface area contributed by atoms with Crippen molar-refractivity contribution < 1.29 is 9.90 Å². The summed E-state index contributed by atoms with van der Waals surface area (Å²) in [5.41, 5.74) is 2.91. The van der Waals surface area contributed by atoms with Crippen LogP contribution in [-0.4, -0.2) is 16.0 Å². The number of nitrogens with zero attached hydrogens (tertiary/aromatic N) is 1. The van der Waals surface area contributed by atoms with Gasteiger partial charge in [-0.05, 0) is 43.9 Å². The van der Waals surface area contributed by atoms with Crippen molar-refractivity contribution in [2.45, 2.75) is 25.9 Å². The van der Waals surface area contributed by atoms with E-state index in [0.717, 1.165) is 5.57 Å². The number of para-hydroxylation sites is 1. The Morgan fingerprint density at radius 3 is 2.70 bits per heavy atom. The zero-order valence-electron chi connectivity index (χ0n) is 13.1. The Bertz CT molecular complexity index is 721. The highest BCUT2D eigenvalue weighted by Gasteiger charge is 2.23. The van der Waals surface area contributed by atoms with Gasteiger partial charge < -0.3 is 10.4 Å². The average molecular weight is 308 g/mol. The van der Waals surface area contributed by atoms with Crippen LogP contribution in [0.4, 0.5) is 5.69 Å². The topological polar surface area (TPSA) is 62.2 Å². The third-order valence-electron chi connectivity index (χ3n) is 4.06. The van der Waals surface area contributed by atoms with Crippen molar-refractivity contribution >= 4 is 11.6 Å².